The molecule has 0 atom stereocenters. The van der Waals surface area contributed by atoms with Gasteiger partial charge in [0.05, 0.1) is 17.6 Å². The Labute approximate surface area is 141 Å². The predicted octanol–water partition coefficient (Wildman–Crippen LogP) is 3.13. The largest absolute Gasteiger partial charge is 0.355 e. The van der Waals surface area contributed by atoms with Crippen molar-refractivity contribution in [3.05, 3.63) is 34.9 Å². The van der Waals surface area contributed by atoms with Crippen LogP contribution in [0.25, 0.3) is 11.3 Å². The maximum Gasteiger partial charge on any atom is 0.147 e. The Balaban J connectivity index is 1.87. The topological polar surface area (TPSA) is 67.9 Å². The Morgan fingerprint density at radius 1 is 1.13 bits per heavy atom. The normalized spacial score (nSPS) is 17.3. The molecule has 122 valence electrons. The summed E-state index contributed by atoms with van der Waals surface area (Å²) >= 11 is 5.93. The molecule has 0 unspecified atom stereocenters. The van der Waals surface area contributed by atoms with Gasteiger partial charge in [-0.1, -0.05) is 11.6 Å². The highest BCUT2D eigenvalue weighted by atomic mass is 35.5. The summed E-state index contributed by atoms with van der Waals surface area (Å²) in [5, 5.41) is 0.492. The second-order valence-corrected chi connectivity index (χ2v) is 6.96. The van der Waals surface area contributed by atoms with E-state index < -0.39 is 0 Å². The molecule has 1 aliphatic heterocycles. The molecular formula is C17H22ClN5. The minimum atomic E-state index is -0.0645. The van der Waals surface area contributed by atoms with Gasteiger partial charge in [-0.3, -0.25) is 4.98 Å². The third-order valence-electron chi connectivity index (χ3n) is 4.47. The summed E-state index contributed by atoms with van der Waals surface area (Å²) in [6, 6.07) is 3.73. The lowest BCUT2D eigenvalue weighted by molar-refractivity contribution is 0.363. The van der Waals surface area contributed by atoms with Gasteiger partial charge in [-0.05, 0) is 45.7 Å². The Morgan fingerprint density at radius 2 is 1.83 bits per heavy atom. The number of pyridine rings is 1. The molecule has 6 heteroatoms. The third kappa shape index (κ3) is 3.46. The van der Waals surface area contributed by atoms with Crippen LogP contribution < -0.4 is 10.6 Å². The Hall–Kier alpha value is -1.72. The van der Waals surface area contributed by atoms with E-state index in [2.05, 4.69) is 21.8 Å². The fraction of sp³-hybridized carbons (Fsp3) is 0.471. The summed E-state index contributed by atoms with van der Waals surface area (Å²) in [5.74, 6) is 0.918. The van der Waals surface area contributed by atoms with Crippen molar-refractivity contribution in [2.45, 2.75) is 39.2 Å². The van der Waals surface area contributed by atoms with E-state index in [-0.39, 0.29) is 5.54 Å². The first-order chi connectivity index (χ1) is 10.9. The standard InChI is InChI=1S/C17H22ClN5/c1-11-13(4-5-14(18)21-11)16-12(2)22-15(10-20-16)23-8-6-17(3,19)7-9-23/h4-5,10H,6-9,19H2,1-3H3. The molecule has 2 aromatic heterocycles. The van der Waals surface area contributed by atoms with Crippen LogP contribution >= 0.6 is 11.6 Å². The molecule has 2 N–H and O–H groups in total. The summed E-state index contributed by atoms with van der Waals surface area (Å²) in [6.07, 6.45) is 3.78. The van der Waals surface area contributed by atoms with Crippen molar-refractivity contribution in [1.82, 2.24) is 15.0 Å². The highest BCUT2D eigenvalue weighted by Crippen LogP contribution is 2.27. The van der Waals surface area contributed by atoms with Gasteiger partial charge in [0.2, 0.25) is 0 Å². The Morgan fingerprint density at radius 3 is 2.43 bits per heavy atom. The minimum absolute atomic E-state index is 0.0645. The zero-order valence-electron chi connectivity index (χ0n) is 13.8. The lowest BCUT2D eigenvalue weighted by Gasteiger charge is -2.37. The summed E-state index contributed by atoms with van der Waals surface area (Å²) in [5.41, 5.74) is 9.72. The lowest BCUT2D eigenvalue weighted by atomic mass is 9.91. The van der Waals surface area contributed by atoms with Gasteiger partial charge in [-0.25, -0.2) is 9.97 Å². The van der Waals surface area contributed by atoms with Crippen LogP contribution in [0.2, 0.25) is 5.15 Å². The number of piperidine rings is 1. The molecule has 0 radical (unpaired) electrons. The molecule has 1 fully saturated rings. The number of nitrogens with two attached hydrogens (primary N) is 1. The zero-order valence-corrected chi connectivity index (χ0v) is 14.6. The van der Waals surface area contributed by atoms with Crippen LogP contribution in [0.1, 0.15) is 31.2 Å². The van der Waals surface area contributed by atoms with E-state index in [4.69, 9.17) is 22.3 Å². The molecule has 1 saturated heterocycles. The number of nitrogens with zero attached hydrogens (tertiary/aromatic N) is 4. The summed E-state index contributed by atoms with van der Waals surface area (Å²) in [7, 11) is 0. The van der Waals surface area contributed by atoms with Crippen LogP contribution in [0.15, 0.2) is 18.3 Å². The highest BCUT2D eigenvalue weighted by Gasteiger charge is 2.26. The molecule has 0 saturated carbocycles. The van der Waals surface area contributed by atoms with Crippen molar-refractivity contribution in [3.8, 4) is 11.3 Å². The fourth-order valence-corrected chi connectivity index (χ4v) is 3.10. The fourth-order valence-electron chi connectivity index (χ4n) is 2.91. The van der Waals surface area contributed by atoms with Crippen LogP contribution in [-0.4, -0.2) is 33.6 Å². The van der Waals surface area contributed by atoms with E-state index in [1.807, 2.05) is 26.1 Å². The number of rotatable bonds is 2. The van der Waals surface area contributed by atoms with Gasteiger partial charge < -0.3 is 10.6 Å². The molecular weight excluding hydrogens is 310 g/mol. The molecule has 5 nitrogen and oxygen atoms in total. The quantitative estimate of drug-likeness (QED) is 0.856. The zero-order chi connectivity index (χ0) is 16.6. The maximum absolute atomic E-state index is 6.20. The smallest absolute Gasteiger partial charge is 0.147 e. The SMILES string of the molecule is Cc1nc(Cl)ccc1-c1ncc(N2CCC(C)(N)CC2)nc1C. The monoisotopic (exact) mass is 331 g/mol. The summed E-state index contributed by atoms with van der Waals surface area (Å²) in [6.45, 7) is 7.87. The van der Waals surface area contributed by atoms with Gasteiger partial charge in [0.25, 0.3) is 0 Å². The van der Waals surface area contributed by atoms with E-state index in [0.29, 0.717) is 5.15 Å². The minimum Gasteiger partial charge on any atom is -0.355 e. The van der Waals surface area contributed by atoms with Crippen molar-refractivity contribution in [2.24, 2.45) is 5.73 Å². The predicted molar refractivity (Wildman–Crippen MR) is 93.8 cm³/mol. The molecule has 2 aromatic rings. The van der Waals surface area contributed by atoms with Gasteiger partial charge in [-0.15, -0.1) is 0 Å². The first kappa shape index (κ1) is 16.1. The van der Waals surface area contributed by atoms with E-state index >= 15 is 0 Å². The molecule has 0 aliphatic carbocycles. The second-order valence-electron chi connectivity index (χ2n) is 6.57. The second kappa shape index (κ2) is 6.06. The molecule has 0 bridgehead atoms. The van der Waals surface area contributed by atoms with Gasteiger partial charge in [0, 0.05) is 29.9 Å². The number of halogens is 1. The summed E-state index contributed by atoms with van der Waals surface area (Å²) < 4.78 is 0. The van der Waals surface area contributed by atoms with Crippen molar-refractivity contribution >= 4 is 17.4 Å². The molecule has 0 amide bonds. The van der Waals surface area contributed by atoms with Crippen LogP contribution in [-0.2, 0) is 0 Å². The number of hydrogen-bond donors (Lipinski definition) is 1. The number of aryl methyl sites for hydroxylation is 2. The maximum atomic E-state index is 6.20. The molecule has 0 aromatic carbocycles. The third-order valence-corrected chi connectivity index (χ3v) is 4.68. The van der Waals surface area contributed by atoms with Crippen LogP contribution in [0.3, 0.4) is 0 Å². The average Bonchev–Trinajstić information content (AvgIpc) is 2.48. The van der Waals surface area contributed by atoms with E-state index in [1.54, 1.807) is 6.07 Å². The van der Waals surface area contributed by atoms with Crippen molar-refractivity contribution in [3.63, 3.8) is 0 Å². The van der Waals surface area contributed by atoms with Crippen LogP contribution in [0.4, 0.5) is 5.82 Å². The Kier molecular flexibility index (Phi) is 4.25. The number of anilines is 1. The van der Waals surface area contributed by atoms with E-state index in [0.717, 1.165) is 54.4 Å². The molecule has 3 rings (SSSR count). The van der Waals surface area contributed by atoms with E-state index in [1.165, 1.54) is 0 Å². The average molecular weight is 332 g/mol. The highest BCUT2D eigenvalue weighted by molar-refractivity contribution is 6.29. The van der Waals surface area contributed by atoms with Gasteiger partial charge >= 0.3 is 0 Å². The molecule has 3 heterocycles. The van der Waals surface area contributed by atoms with Crippen molar-refractivity contribution in [1.29, 1.82) is 0 Å². The van der Waals surface area contributed by atoms with Crippen molar-refractivity contribution in [2.75, 3.05) is 18.0 Å². The van der Waals surface area contributed by atoms with Gasteiger partial charge in [0.1, 0.15) is 11.0 Å². The first-order valence-corrected chi connectivity index (χ1v) is 8.24. The first-order valence-electron chi connectivity index (χ1n) is 7.87. The van der Waals surface area contributed by atoms with Gasteiger partial charge in [-0.2, -0.15) is 0 Å². The van der Waals surface area contributed by atoms with Gasteiger partial charge in [0.15, 0.2) is 0 Å². The lowest BCUT2D eigenvalue weighted by Crippen LogP contribution is -2.48. The summed E-state index contributed by atoms with van der Waals surface area (Å²) in [4.78, 5) is 15.9. The Bertz CT molecular complexity index is 719. The van der Waals surface area contributed by atoms with Crippen LogP contribution in [0.5, 0.6) is 0 Å². The number of hydrogen-bond acceptors (Lipinski definition) is 5. The van der Waals surface area contributed by atoms with Crippen LogP contribution in [0, 0.1) is 13.8 Å². The number of aromatic nitrogens is 3. The molecule has 0 spiro atoms. The molecule has 1 aliphatic rings. The van der Waals surface area contributed by atoms with Crippen molar-refractivity contribution < 1.29 is 0 Å². The molecule has 23 heavy (non-hydrogen) atoms. The van der Waals surface area contributed by atoms with E-state index in [9.17, 15) is 0 Å².